The first kappa shape index (κ1) is 12.6. The van der Waals surface area contributed by atoms with Gasteiger partial charge in [-0.3, -0.25) is 4.68 Å². The van der Waals surface area contributed by atoms with Crippen LogP contribution >= 0.6 is 0 Å². The average molecular weight is 269 g/mol. The van der Waals surface area contributed by atoms with E-state index >= 15 is 0 Å². The minimum Gasteiger partial charge on any atom is -0.383 e. The van der Waals surface area contributed by atoms with Crippen molar-refractivity contribution in [1.29, 1.82) is 0 Å². The Bertz CT molecular complexity index is 707. The number of sulfone groups is 1. The van der Waals surface area contributed by atoms with Crippen LogP contribution in [0.1, 0.15) is 0 Å². The maximum Gasteiger partial charge on any atom is 0.175 e. The van der Waals surface area contributed by atoms with Crippen molar-refractivity contribution >= 4 is 15.7 Å². The van der Waals surface area contributed by atoms with Crippen molar-refractivity contribution < 1.29 is 12.8 Å². The number of halogens is 1. The van der Waals surface area contributed by atoms with Crippen LogP contribution in [0.15, 0.2) is 29.3 Å². The van der Waals surface area contributed by atoms with Crippen molar-refractivity contribution in [3.63, 3.8) is 0 Å². The van der Waals surface area contributed by atoms with E-state index in [4.69, 9.17) is 5.73 Å². The maximum absolute atomic E-state index is 13.9. The molecular weight excluding hydrogens is 257 g/mol. The van der Waals surface area contributed by atoms with E-state index in [1.54, 1.807) is 7.05 Å². The second kappa shape index (κ2) is 4.09. The van der Waals surface area contributed by atoms with E-state index in [0.717, 1.165) is 12.3 Å². The van der Waals surface area contributed by atoms with E-state index < -0.39 is 15.7 Å². The molecule has 7 heteroatoms. The highest BCUT2D eigenvalue weighted by molar-refractivity contribution is 7.90. The lowest BCUT2D eigenvalue weighted by Crippen LogP contribution is -2.00. The number of anilines is 1. The van der Waals surface area contributed by atoms with Gasteiger partial charge in [-0.05, 0) is 18.2 Å². The Morgan fingerprint density at radius 2 is 2.00 bits per heavy atom. The van der Waals surface area contributed by atoms with Gasteiger partial charge in [0.2, 0.25) is 0 Å². The van der Waals surface area contributed by atoms with E-state index in [9.17, 15) is 12.8 Å². The van der Waals surface area contributed by atoms with Crippen molar-refractivity contribution in [1.82, 2.24) is 9.78 Å². The Hall–Kier alpha value is -1.89. The van der Waals surface area contributed by atoms with E-state index in [1.807, 2.05) is 0 Å². The van der Waals surface area contributed by atoms with Crippen LogP contribution in [0.4, 0.5) is 10.2 Å². The molecule has 0 aliphatic heterocycles. The lowest BCUT2D eigenvalue weighted by atomic mass is 10.1. The predicted octanol–water partition coefficient (Wildman–Crippen LogP) is 1.21. The van der Waals surface area contributed by atoms with Gasteiger partial charge in [0.05, 0.1) is 11.1 Å². The monoisotopic (exact) mass is 269 g/mol. The van der Waals surface area contributed by atoms with E-state index in [0.29, 0.717) is 11.4 Å². The molecule has 0 aliphatic carbocycles. The minimum atomic E-state index is -3.42. The largest absolute Gasteiger partial charge is 0.383 e. The molecule has 1 aromatic heterocycles. The molecule has 0 saturated heterocycles. The topological polar surface area (TPSA) is 78.0 Å². The van der Waals surface area contributed by atoms with Gasteiger partial charge < -0.3 is 5.73 Å². The van der Waals surface area contributed by atoms with Crippen LogP contribution in [0, 0.1) is 5.82 Å². The fourth-order valence-corrected chi connectivity index (χ4v) is 2.23. The van der Waals surface area contributed by atoms with Crippen LogP contribution in [-0.4, -0.2) is 24.5 Å². The van der Waals surface area contributed by atoms with Crippen molar-refractivity contribution in [3.8, 4) is 11.1 Å². The molecule has 0 unspecified atom stereocenters. The number of nitrogens with two attached hydrogens (primary N) is 1. The zero-order valence-electron chi connectivity index (χ0n) is 9.88. The number of hydrogen-bond acceptors (Lipinski definition) is 4. The normalized spacial score (nSPS) is 11.7. The summed E-state index contributed by atoms with van der Waals surface area (Å²) in [7, 11) is -1.78. The summed E-state index contributed by atoms with van der Waals surface area (Å²) >= 11 is 0. The van der Waals surface area contributed by atoms with Crippen LogP contribution in [0.5, 0.6) is 0 Å². The number of rotatable bonds is 2. The van der Waals surface area contributed by atoms with Gasteiger partial charge in [-0.1, -0.05) is 0 Å². The van der Waals surface area contributed by atoms with E-state index in [1.165, 1.54) is 23.0 Å². The van der Waals surface area contributed by atoms with E-state index in [2.05, 4.69) is 5.10 Å². The second-order valence-electron chi connectivity index (χ2n) is 3.98. The molecule has 0 bridgehead atoms. The first-order valence-corrected chi connectivity index (χ1v) is 6.97. The number of hydrogen-bond donors (Lipinski definition) is 1. The third kappa shape index (κ3) is 2.08. The van der Waals surface area contributed by atoms with Crippen molar-refractivity contribution in [2.45, 2.75) is 4.90 Å². The molecule has 0 radical (unpaired) electrons. The molecule has 2 N–H and O–H groups in total. The maximum atomic E-state index is 13.9. The molecule has 1 heterocycles. The molecule has 0 fully saturated rings. The summed E-state index contributed by atoms with van der Waals surface area (Å²) < 4.78 is 37.9. The highest BCUT2D eigenvalue weighted by Crippen LogP contribution is 2.29. The third-order valence-electron chi connectivity index (χ3n) is 2.64. The second-order valence-corrected chi connectivity index (χ2v) is 6.00. The van der Waals surface area contributed by atoms with Gasteiger partial charge in [0.25, 0.3) is 0 Å². The molecule has 96 valence electrons. The molecule has 5 nitrogen and oxygen atoms in total. The van der Waals surface area contributed by atoms with Crippen LogP contribution in [0.25, 0.3) is 11.1 Å². The summed E-state index contributed by atoms with van der Waals surface area (Å²) in [5, 5.41) is 3.91. The quantitative estimate of drug-likeness (QED) is 0.889. The molecule has 2 rings (SSSR count). The van der Waals surface area contributed by atoms with E-state index in [-0.39, 0.29) is 10.5 Å². The van der Waals surface area contributed by atoms with Gasteiger partial charge in [0, 0.05) is 24.4 Å². The van der Waals surface area contributed by atoms with Crippen molar-refractivity contribution in [2.24, 2.45) is 7.05 Å². The SMILES string of the molecule is Cn1ncc(-c2ccc(S(C)(=O)=O)cc2F)c1N. The molecule has 0 aliphatic rings. The van der Waals surface area contributed by atoms with Gasteiger partial charge in [-0.15, -0.1) is 0 Å². The summed E-state index contributed by atoms with van der Waals surface area (Å²) in [4.78, 5) is -0.0637. The molecule has 18 heavy (non-hydrogen) atoms. The van der Waals surface area contributed by atoms with Gasteiger partial charge in [0.15, 0.2) is 9.84 Å². The average Bonchev–Trinajstić information content (AvgIpc) is 2.59. The summed E-state index contributed by atoms with van der Waals surface area (Å²) in [6, 6.07) is 3.72. The van der Waals surface area contributed by atoms with Crippen molar-refractivity contribution in [3.05, 3.63) is 30.2 Å². The van der Waals surface area contributed by atoms with Crippen molar-refractivity contribution in [2.75, 3.05) is 12.0 Å². The fraction of sp³-hybridized carbons (Fsp3) is 0.182. The minimum absolute atomic E-state index is 0.0637. The summed E-state index contributed by atoms with van der Waals surface area (Å²) in [6.45, 7) is 0. The number of nitrogens with zero attached hydrogens (tertiary/aromatic N) is 2. The Morgan fingerprint density at radius 1 is 1.33 bits per heavy atom. The predicted molar refractivity (Wildman–Crippen MR) is 66.1 cm³/mol. The standard InChI is InChI=1S/C11H12FN3O2S/c1-15-11(13)9(6-14-15)8-4-3-7(5-10(8)12)18(2,16)17/h3-6H,13H2,1-2H3. The number of benzene rings is 1. The van der Waals surface area contributed by atoms with Gasteiger partial charge >= 0.3 is 0 Å². The lowest BCUT2D eigenvalue weighted by molar-refractivity contribution is 0.596. The fourth-order valence-electron chi connectivity index (χ4n) is 1.60. The Kier molecular flexibility index (Phi) is 2.86. The van der Waals surface area contributed by atoms with Gasteiger partial charge in [-0.25, -0.2) is 12.8 Å². The zero-order chi connectivity index (χ0) is 13.5. The smallest absolute Gasteiger partial charge is 0.175 e. The molecular formula is C11H12FN3O2S. The van der Waals surface area contributed by atoms with Crippen LogP contribution in [0.2, 0.25) is 0 Å². The Morgan fingerprint density at radius 3 is 2.44 bits per heavy atom. The molecule has 0 atom stereocenters. The van der Waals surface area contributed by atoms with Gasteiger partial charge in [0.1, 0.15) is 11.6 Å². The lowest BCUT2D eigenvalue weighted by Gasteiger charge is -2.05. The Balaban J connectivity index is 2.59. The summed E-state index contributed by atoms with van der Waals surface area (Å²) in [5.74, 6) is -0.321. The molecule has 0 saturated carbocycles. The molecule has 2 aromatic rings. The van der Waals surface area contributed by atoms with Gasteiger partial charge in [-0.2, -0.15) is 5.10 Å². The Labute approximate surface area is 104 Å². The summed E-state index contributed by atoms with van der Waals surface area (Å²) in [5.41, 5.74) is 6.41. The zero-order valence-corrected chi connectivity index (χ0v) is 10.7. The third-order valence-corrected chi connectivity index (χ3v) is 3.75. The highest BCUT2D eigenvalue weighted by atomic mass is 32.2. The number of aryl methyl sites for hydroxylation is 1. The first-order valence-electron chi connectivity index (χ1n) is 5.08. The van der Waals surface area contributed by atoms with Crippen LogP contribution < -0.4 is 5.73 Å². The summed E-state index contributed by atoms with van der Waals surface area (Å²) in [6.07, 6.45) is 2.47. The first-order chi connectivity index (χ1) is 8.30. The molecule has 1 aromatic carbocycles. The number of nitrogen functional groups attached to an aromatic ring is 1. The highest BCUT2D eigenvalue weighted by Gasteiger charge is 2.15. The van der Waals surface area contributed by atoms with Crippen LogP contribution in [-0.2, 0) is 16.9 Å². The van der Waals surface area contributed by atoms with Crippen LogP contribution in [0.3, 0.4) is 0 Å². The molecule has 0 spiro atoms. The number of aromatic nitrogens is 2. The molecule has 0 amide bonds.